The van der Waals surface area contributed by atoms with Gasteiger partial charge in [-0.1, -0.05) is 37.5 Å². The zero-order valence-corrected chi connectivity index (χ0v) is 13.6. The molecule has 0 amide bonds. The monoisotopic (exact) mass is 313 g/mol. The summed E-state index contributed by atoms with van der Waals surface area (Å²) in [4.78, 5) is 11.1. The number of hydrogen-bond acceptors (Lipinski definition) is 4. The van der Waals surface area contributed by atoms with Gasteiger partial charge in [-0.3, -0.25) is 4.79 Å². The second kappa shape index (κ2) is 8.14. The van der Waals surface area contributed by atoms with Crippen LogP contribution in [0.5, 0.6) is 0 Å². The Morgan fingerprint density at radius 2 is 1.90 bits per heavy atom. The van der Waals surface area contributed by atoms with Crippen LogP contribution in [0.4, 0.5) is 0 Å². The summed E-state index contributed by atoms with van der Waals surface area (Å²) in [6.45, 7) is 5.29. The predicted molar refractivity (Wildman–Crippen MR) is 81.4 cm³/mol. The van der Waals surface area contributed by atoms with Gasteiger partial charge in [0.15, 0.2) is 0 Å². The van der Waals surface area contributed by atoms with E-state index in [0.29, 0.717) is 6.42 Å². The number of benzene rings is 1. The zero-order chi connectivity index (χ0) is 15.9. The fourth-order valence-corrected chi connectivity index (χ4v) is 3.10. The first kappa shape index (κ1) is 17.7. The van der Waals surface area contributed by atoms with Crippen LogP contribution in [-0.2, 0) is 19.6 Å². The Labute approximate surface area is 126 Å². The van der Waals surface area contributed by atoms with Gasteiger partial charge in [-0.25, -0.2) is 13.1 Å². The number of sulfonamides is 1. The largest absolute Gasteiger partial charge is 0.464 e. The number of rotatable bonds is 8. The Balaban J connectivity index is 2.79. The Morgan fingerprint density at radius 3 is 2.43 bits per heavy atom. The van der Waals surface area contributed by atoms with Gasteiger partial charge in [0, 0.05) is 6.92 Å². The number of aryl methyl sites for hydroxylation is 1. The summed E-state index contributed by atoms with van der Waals surface area (Å²) in [7, 11) is -3.60. The number of nitrogens with one attached hydrogen (secondary N) is 1. The molecule has 0 saturated carbocycles. The molecule has 0 spiro atoms. The summed E-state index contributed by atoms with van der Waals surface area (Å²) in [5, 5.41) is 0. The highest BCUT2D eigenvalue weighted by atomic mass is 32.2. The maximum Gasteiger partial charge on any atom is 0.302 e. The van der Waals surface area contributed by atoms with Gasteiger partial charge in [-0.2, -0.15) is 0 Å². The van der Waals surface area contributed by atoms with E-state index in [1.54, 1.807) is 24.3 Å². The molecule has 21 heavy (non-hydrogen) atoms. The van der Waals surface area contributed by atoms with Crippen LogP contribution in [-0.4, -0.2) is 27.0 Å². The Hall–Kier alpha value is -1.40. The van der Waals surface area contributed by atoms with Gasteiger partial charge in [0.1, 0.15) is 6.61 Å². The molecule has 0 aliphatic rings. The van der Waals surface area contributed by atoms with E-state index in [2.05, 4.69) is 4.72 Å². The van der Waals surface area contributed by atoms with E-state index in [-0.39, 0.29) is 11.5 Å². The molecule has 0 saturated heterocycles. The number of ether oxygens (including phenoxy) is 1. The summed E-state index contributed by atoms with van der Waals surface area (Å²) in [5.74, 6) is -0.411. The minimum absolute atomic E-state index is 0.0560. The van der Waals surface area contributed by atoms with Crippen molar-refractivity contribution in [2.75, 3.05) is 6.61 Å². The molecule has 5 nitrogen and oxygen atoms in total. The maximum absolute atomic E-state index is 12.3. The van der Waals surface area contributed by atoms with Gasteiger partial charge in [0.05, 0.1) is 10.9 Å². The third-order valence-electron chi connectivity index (χ3n) is 3.05. The lowest BCUT2D eigenvalue weighted by Crippen LogP contribution is -2.38. The van der Waals surface area contributed by atoms with Gasteiger partial charge < -0.3 is 4.74 Å². The summed E-state index contributed by atoms with van der Waals surface area (Å²) >= 11 is 0. The van der Waals surface area contributed by atoms with Crippen LogP contribution >= 0.6 is 0 Å². The van der Waals surface area contributed by atoms with Crippen molar-refractivity contribution in [3.05, 3.63) is 29.8 Å². The van der Waals surface area contributed by atoms with E-state index in [4.69, 9.17) is 4.74 Å². The second-order valence-corrected chi connectivity index (χ2v) is 6.79. The molecule has 1 atom stereocenters. The van der Waals surface area contributed by atoms with Gasteiger partial charge >= 0.3 is 5.97 Å². The fourth-order valence-electron chi connectivity index (χ4n) is 1.85. The molecule has 6 heteroatoms. The normalized spacial score (nSPS) is 12.9. The Bertz CT molecular complexity index is 552. The first-order valence-corrected chi connectivity index (χ1v) is 8.56. The molecular weight excluding hydrogens is 290 g/mol. The highest BCUT2D eigenvalue weighted by molar-refractivity contribution is 7.89. The highest BCUT2D eigenvalue weighted by Crippen LogP contribution is 2.12. The molecule has 118 valence electrons. The molecule has 0 aromatic heterocycles. The van der Waals surface area contributed by atoms with Gasteiger partial charge in [0.2, 0.25) is 10.0 Å². The Kier molecular flexibility index (Phi) is 6.84. The molecular formula is C15H23NO4S. The molecule has 1 rings (SSSR count). The second-order valence-electron chi connectivity index (χ2n) is 5.08. The van der Waals surface area contributed by atoms with Crippen molar-refractivity contribution < 1.29 is 17.9 Å². The smallest absolute Gasteiger partial charge is 0.302 e. The molecule has 0 radical (unpaired) electrons. The van der Waals surface area contributed by atoms with E-state index in [1.165, 1.54) is 6.92 Å². The molecule has 0 aliphatic heterocycles. The summed E-state index contributed by atoms with van der Waals surface area (Å²) < 4.78 is 32.2. The number of unbranched alkanes of at least 4 members (excludes halogenated alkanes) is 1. The van der Waals surface area contributed by atoms with Crippen molar-refractivity contribution in [3.8, 4) is 0 Å². The van der Waals surface area contributed by atoms with E-state index in [0.717, 1.165) is 18.4 Å². The molecule has 0 heterocycles. The molecule has 1 unspecified atom stereocenters. The standard InChI is InChI=1S/C15H23NO4S/c1-4-5-6-14(11-20-13(3)17)16-21(18,19)15-9-7-12(2)8-10-15/h7-10,14,16H,4-6,11H2,1-3H3. The highest BCUT2D eigenvalue weighted by Gasteiger charge is 2.20. The van der Waals surface area contributed by atoms with Crippen molar-refractivity contribution in [3.63, 3.8) is 0 Å². The summed E-state index contributed by atoms with van der Waals surface area (Å²) in [6.07, 6.45) is 2.44. The van der Waals surface area contributed by atoms with E-state index in [1.807, 2.05) is 13.8 Å². The number of carbonyl (C=O) groups is 1. The minimum atomic E-state index is -3.60. The van der Waals surface area contributed by atoms with Crippen molar-refractivity contribution in [1.29, 1.82) is 0 Å². The van der Waals surface area contributed by atoms with Crippen molar-refractivity contribution in [2.24, 2.45) is 0 Å². The first-order valence-electron chi connectivity index (χ1n) is 7.07. The molecule has 0 aliphatic carbocycles. The number of hydrogen-bond donors (Lipinski definition) is 1. The van der Waals surface area contributed by atoms with Crippen LogP contribution in [0, 0.1) is 6.92 Å². The van der Waals surface area contributed by atoms with Gasteiger partial charge in [0.25, 0.3) is 0 Å². The first-order chi connectivity index (χ1) is 9.85. The average molecular weight is 313 g/mol. The quantitative estimate of drug-likeness (QED) is 0.748. The third-order valence-corrected chi connectivity index (χ3v) is 4.58. The van der Waals surface area contributed by atoms with Crippen LogP contribution in [0.3, 0.4) is 0 Å². The lowest BCUT2D eigenvalue weighted by atomic mass is 10.1. The molecule has 1 N–H and O–H groups in total. The molecule has 1 aromatic carbocycles. The van der Waals surface area contributed by atoms with Gasteiger partial charge in [-0.05, 0) is 25.5 Å². The van der Waals surface area contributed by atoms with Crippen LogP contribution in [0.2, 0.25) is 0 Å². The fraction of sp³-hybridized carbons (Fsp3) is 0.533. The molecule has 0 fully saturated rings. The molecule has 0 bridgehead atoms. The van der Waals surface area contributed by atoms with Crippen LogP contribution in [0.25, 0.3) is 0 Å². The van der Waals surface area contributed by atoms with E-state index in [9.17, 15) is 13.2 Å². The average Bonchev–Trinajstić information content (AvgIpc) is 2.42. The summed E-state index contributed by atoms with van der Waals surface area (Å²) in [5.41, 5.74) is 0.997. The molecule has 1 aromatic rings. The lowest BCUT2D eigenvalue weighted by Gasteiger charge is -2.18. The predicted octanol–water partition coefficient (Wildman–Crippen LogP) is 2.40. The van der Waals surface area contributed by atoms with Crippen molar-refractivity contribution in [1.82, 2.24) is 4.72 Å². The lowest BCUT2D eigenvalue weighted by molar-refractivity contribution is -0.141. The SMILES string of the molecule is CCCCC(COC(C)=O)NS(=O)(=O)c1ccc(C)cc1. The van der Waals surface area contributed by atoms with Crippen LogP contribution in [0.1, 0.15) is 38.7 Å². The van der Waals surface area contributed by atoms with Crippen LogP contribution in [0.15, 0.2) is 29.2 Å². The van der Waals surface area contributed by atoms with Crippen molar-refractivity contribution >= 4 is 16.0 Å². The van der Waals surface area contributed by atoms with E-state index >= 15 is 0 Å². The third kappa shape index (κ3) is 6.27. The maximum atomic E-state index is 12.3. The van der Waals surface area contributed by atoms with E-state index < -0.39 is 22.0 Å². The topological polar surface area (TPSA) is 72.5 Å². The van der Waals surface area contributed by atoms with Gasteiger partial charge in [-0.15, -0.1) is 0 Å². The zero-order valence-electron chi connectivity index (χ0n) is 12.8. The number of esters is 1. The number of carbonyl (C=O) groups excluding carboxylic acids is 1. The Morgan fingerprint density at radius 1 is 1.29 bits per heavy atom. The summed E-state index contributed by atoms with van der Waals surface area (Å²) in [6, 6.07) is 6.24. The van der Waals surface area contributed by atoms with Crippen molar-refractivity contribution in [2.45, 2.75) is 51.0 Å². The van der Waals surface area contributed by atoms with Crippen LogP contribution < -0.4 is 4.72 Å². The minimum Gasteiger partial charge on any atom is -0.464 e.